The zero-order valence-electron chi connectivity index (χ0n) is 13.6. The smallest absolute Gasteiger partial charge is 0.258 e. The van der Waals surface area contributed by atoms with E-state index in [1.165, 1.54) is 0 Å². The van der Waals surface area contributed by atoms with Gasteiger partial charge in [0.15, 0.2) is 0 Å². The predicted molar refractivity (Wildman–Crippen MR) is 96.5 cm³/mol. The summed E-state index contributed by atoms with van der Waals surface area (Å²) >= 11 is 6.16. The zero-order chi connectivity index (χ0) is 17.3. The Hall–Kier alpha value is -2.33. The molecule has 2 atom stereocenters. The third kappa shape index (κ3) is 3.44. The molecule has 0 heterocycles. The number of nitrogens with one attached hydrogen (secondary N) is 1. The molecule has 1 fully saturated rings. The molecule has 0 aliphatic heterocycles. The molecule has 1 aliphatic carbocycles. The summed E-state index contributed by atoms with van der Waals surface area (Å²) < 4.78 is 0. The Kier molecular flexibility index (Phi) is 4.58. The van der Waals surface area contributed by atoms with Crippen LogP contribution in [0.2, 0.25) is 5.02 Å². The molecular weight excluding hydrogens is 324 g/mol. The van der Waals surface area contributed by atoms with Gasteiger partial charge < -0.3 is 10.2 Å². The fourth-order valence-corrected chi connectivity index (χ4v) is 2.79. The molecule has 0 spiro atoms. The highest BCUT2D eigenvalue weighted by Crippen LogP contribution is 2.39. The number of anilines is 2. The minimum absolute atomic E-state index is 0.0367. The van der Waals surface area contributed by atoms with Crippen molar-refractivity contribution in [3.05, 3.63) is 59.1 Å². The van der Waals surface area contributed by atoms with Gasteiger partial charge in [-0.25, -0.2) is 0 Å². The van der Waals surface area contributed by atoms with Crippen molar-refractivity contribution in [1.82, 2.24) is 0 Å². The summed E-state index contributed by atoms with van der Waals surface area (Å²) in [6.07, 6.45) is 0.902. The van der Waals surface area contributed by atoms with Crippen molar-refractivity contribution in [3.8, 4) is 0 Å². The molecule has 0 saturated heterocycles. The zero-order valence-corrected chi connectivity index (χ0v) is 14.4. The molecule has 0 radical (unpaired) electrons. The third-order valence-electron chi connectivity index (χ3n) is 4.37. The molecule has 0 bridgehead atoms. The standard InChI is InChI=1S/C19H19ClN2O2/c1-12-10-15(12)18(23)21-17-11-13(8-9-16(17)20)19(24)22(2)14-6-4-3-5-7-14/h3-9,11-12,15H,10H2,1-2H3,(H,21,23)/t12-,15-/m0/s1. The van der Waals surface area contributed by atoms with Crippen LogP contribution in [0.5, 0.6) is 0 Å². The summed E-state index contributed by atoms with van der Waals surface area (Å²) in [7, 11) is 1.72. The van der Waals surface area contributed by atoms with Crippen molar-refractivity contribution < 1.29 is 9.59 Å². The van der Waals surface area contributed by atoms with Crippen LogP contribution in [0, 0.1) is 11.8 Å². The van der Waals surface area contributed by atoms with Gasteiger partial charge in [-0.1, -0.05) is 36.7 Å². The summed E-state index contributed by atoms with van der Waals surface area (Å²) in [5, 5.41) is 3.26. The number of carbonyl (C=O) groups is 2. The van der Waals surface area contributed by atoms with Gasteiger partial charge in [-0.05, 0) is 42.7 Å². The first-order valence-electron chi connectivity index (χ1n) is 7.91. The van der Waals surface area contributed by atoms with Gasteiger partial charge in [0.05, 0.1) is 10.7 Å². The molecule has 124 valence electrons. The van der Waals surface area contributed by atoms with E-state index in [4.69, 9.17) is 11.6 Å². The van der Waals surface area contributed by atoms with Crippen molar-refractivity contribution in [2.75, 3.05) is 17.3 Å². The molecule has 2 aromatic carbocycles. The maximum Gasteiger partial charge on any atom is 0.258 e. The Morgan fingerprint density at radius 1 is 1.17 bits per heavy atom. The van der Waals surface area contributed by atoms with Crippen LogP contribution in [0.1, 0.15) is 23.7 Å². The highest BCUT2D eigenvalue weighted by Gasteiger charge is 2.39. The fraction of sp³-hybridized carbons (Fsp3) is 0.263. The topological polar surface area (TPSA) is 49.4 Å². The minimum atomic E-state index is -0.159. The van der Waals surface area contributed by atoms with Crippen molar-refractivity contribution in [2.24, 2.45) is 11.8 Å². The summed E-state index contributed by atoms with van der Waals surface area (Å²) in [6.45, 7) is 2.04. The van der Waals surface area contributed by atoms with E-state index in [0.717, 1.165) is 12.1 Å². The second kappa shape index (κ2) is 6.65. The molecule has 1 saturated carbocycles. The van der Waals surface area contributed by atoms with Crippen LogP contribution in [0.25, 0.3) is 0 Å². The number of para-hydroxylation sites is 1. The van der Waals surface area contributed by atoms with Gasteiger partial charge >= 0.3 is 0 Å². The van der Waals surface area contributed by atoms with Crippen LogP contribution in [0.3, 0.4) is 0 Å². The van der Waals surface area contributed by atoms with E-state index in [9.17, 15) is 9.59 Å². The fourth-order valence-electron chi connectivity index (χ4n) is 2.63. The number of halogens is 1. The minimum Gasteiger partial charge on any atom is -0.324 e. The van der Waals surface area contributed by atoms with Gasteiger partial charge in [-0.2, -0.15) is 0 Å². The molecule has 2 amide bonds. The average molecular weight is 343 g/mol. The van der Waals surface area contributed by atoms with Crippen LogP contribution in [-0.4, -0.2) is 18.9 Å². The van der Waals surface area contributed by atoms with E-state index < -0.39 is 0 Å². The molecule has 3 rings (SSSR count). The van der Waals surface area contributed by atoms with E-state index in [0.29, 0.717) is 22.2 Å². The molecule has 1 N–H and O–H groups in total. The monoisotopic (exact) mass is 342 g/mol. The van der Waals surface area contributed by atoms with Crippen LogP contribution >= 0.6 is 11.6 Å². The molecule has 24 heavy (non-hydrogen) atoms. The number of hydrogen-bond donors (Lipinski definition) is 1. The summed E-state index contributed by atoms with van der Waals surface area (Å²) in [5.41, 5.74) is 1.76. The molecule has 0 unspecified atom stereocenters. The van der Waals surface area contributed by atoms with Crippen molar-refractivity contribution >= 4 is 34.8 Å². The van der Waals surface area contributed by atoms with Crippen LogP contribution in [0.4, 0.5) is 11.4 Å². The first-order chi connectivity index (χ1) is 11.5. The number of benzene rings is 2. The average Bonchev–Trinajstić information content (AvgIpc) is 3.33. The van der Waals surface area contributed by atoms with Crippen LogP contribution < -0.4 is 10.2 Å². The quantitative estimate of drug-likeness (QED) is 0.904. The van der Waals surface area contributed by atoms with Crippen LogP contribution in [0.15, 0.2) is 48.5 Å². The Balaban J connectivity index is 1.80. The molecule has 0 aromatic heterocycles. The van der Waals surface area contributed by atoms with E-state index in [-0.39, 0.29) is 17.7 Å². The maximum atomic E-state index is 12.7. The van der Waals surface area contributed by atoms with Crippen molar-refractivity contribution in [1.29, 1.82) is 0 Å². The van der Waals surface area contributed by atoms with Gasteiger partial charge in [0.2, 0.25) is 5.91 Å². The Labute approximate surface area is 146 Å². The molecule has 1 aliphatic rings. The largest absolute Gasteiger partial charge is 0.324 e. The lowest BCUT2D eigenvalue weighted by atomic mass is 10.1. The number of hydrogen-bond acceptors (Lipinski definition) is 2. The highest BCUT2D eigenvalue weighted by atomic mass is 35.5. The lowest BCUT2D eigenvalue weighted by molar-refractivity contribution is -0.117. The highest BCUT2D eigenvalue weighted by molar-refractivity contribution is 6.34. The van der Waals surface area contributed by atoms with Gasteiger partial charge in [0.25, 0.3) is 5.91 Å². The number of carbonyl (C=O) groups excluding carboxylic acids is 2. The van der Waals surface area contributed by atoms with E-state index in [1.807, 2.05) is 37.3 Å². The third-order valence-corrected chi connectivity index (χ3v) is 4.70. The number of nitrogens with zero attached hydrogens (tertiary/aromatic N) is 1. The Morgan fingerprint density at radius 2 is 1.83 bits per heavy atom. The van der Waals surface area contributed by atoms with E-state index >= 15 is 0 Å². The van der Waals surface area contributed by atoms with E-state index in [2.05, 4.69) is 5.32 Å². The van der Waals surface area contributed by atoms with Gasteiger partial charge in [0, 0.05) is 24.2 Å². The summed E-state index contributed by atoms with van der Waals surface area (Å²) in [5.74, 6) is 0.267. The first kappa shape index (κ1) is 16.5. The molecule has 2 aromatic rings. The Bertz CT molecular complexity index is 776. The molecular formula is C19H19ClN2O2. The van der Waals surface area contributed by atoms with E-state index in [1.54, 1.807) is 30.1 Å². The Morgan fingerprint density at radius 3 is 2.46 bits per heavy atom. The van der Waals surface area contributed by atoms with Crippen molar-refractivity contribution in [2.45, 2.75) is 13.3 Å². The van der Waals surface area contributed by atoms with Gasteiger partial charge in [-0.3, -0.25) is 9.59 Å². The summed E-state index contributed by atoms with van der Waals surface area (Å²) in [6, 6.07) is 14.3. The van der Waals surface area contributed by atoms with Crippen molar-refractivity contribution in [3.63, 3.8) is 0 Å². The second-order valence-corrected chi connectivity index (χ2v) is 6.61. The van der Waals surface area contributed by atoms with Gasteiger partial charge in [-0.15, -0.1) is 0 Å². The lowest BCUT2D eigenvalue weighted by Crippen LogP contribution is -2.26. The molecule has 4 nitrogen and oxygen atoms in total. The predicted octanol–water partition coefficient (Wildman–Crippen LogP) is 4.21. The lowest BCUT2D eigenvalue weighted by Gasteiger charge is -2.18. The maximum absolute atomic E-state index is 12.7. The van der Waals surface area contributed by atoms with Gasteiger partial charge in [0.1, 0.15) is 0 Å². The number of rotatable bonds is 4. The normalized spacial score (nSPS) is 18.8. The second-order valence-electron chi connectivity index (χ2n) is 6.20. The first-order valence-corrected chi connectivity index (χ1v) is 8.28. The number of amides is 2. The summed E-state index contributed by atoms with van der Waals surface area (Å²) in [4.78, 5) is 26.3. The van der Waals surface area contributed by atoms with Crippen LogP contribution in [-0.2, 0) is 4.79 Å². The SMILES string of the molecule is C[C@H]1C[C@@H]1C(=O)Nc1cc(C(=O)N(C)c2ccccc2)ccc1Cl. The molecule has 5 heteroatoms.